The summed E-state index contributed by atoms with van der Waals surface area (Å²) in [5.74, 6) is -0.0754. The summed E-state index contributed by atoms with van der Waals surface area (Å²) in [5, 5.41) is 0. The quantitative estimate of drug-likeness (QED) is 0.271. The fraction of sp³-hybridized carbons (Fsp3) is 0.324. The Hall–Kier alpha value is -3.97. The van der Waals surface area contributed by atoms with Gasteiger partial charge >= 0.3 is 5.97 Å². The molecule has 0 unspecified atom stereocenters. The fourth-order valence-electron chi connectivity index (χ4n) is 5.51. The van der Waals surface area contributed by atoms with Crippen molar-refractivity contribution in [3.8, 4) is 5.69 Å². The van der Waals surface area contributed by atoms with Gasteiger partial charge in [0.25, 0.3) is 5.56 Å². The second-order valence-corrected chi connectivity index (χ2v) is 12.1. The molecule has 0 fully saturated rings. The Labute approximate surface area is 245 Å². The summed E-state index contributed by atoms with van der Waals surface area (Å²) in [4.78, 5) is 32.6. The number of hydrogen-bond acceptors (Lipinski definition) is 5. The van der Waals surface area contributed by atoms with Crippen molar-refractivity contribution in [2.45, 2.75) is 67.3 Å². The lowest BCUT2D eigenvalue weighted by atomic mass is 9.93. The van der Waals surface area contributed by atoms with Crippen molar-refractivity contribution in [1.82, 2.24) is 9.13 Å². The number of aryl methyl sites for hydroxylation is 3. The van der Waals surface area contributed by atoms with E-state index >= 15 is 0 Å². The molecular weight excluding hydrogens is 530 g/mol. The number of aromatic nitrogens is 2. The molecule has 2 aromatic carbocycles. The maximum atomic E-state index is 14.1. The Morgan fingerprint density at radius 2 is 1.73 bits per heavy atom. The number of allylic oxidation sites excluding steroid dienone is 1. The lowest BCUT2D eigenvalue weighted by molar-refractivity contribution is -0.139. The van der Waals surface area contributed by atoms with Crippen molar-refractivity contribution >= 4 is 23.4 Å². The molecule has 212 valence electrons. The Morgan fingerprint density at radius 3 is 2.37 bits per heavy atom. The van der Waals surface area contributed by atoms with Crippen LogP contribution in [0.25, 0.3) is 11.8 Å². The third-order valence-electron chi connectivity index (χ3n) is 7.94. The largest absolute Gasteiger partial charge is 0.463 e. The van der Waals surface area contributed by atoms with E-state index < -0.39 is 12.0 Å². The highest BCUT2D eigenvalue weighted by Crippen LogP contribution is 2.31. The summed E-state index contributed by atoms with van der Waals surface area (Å²) in [6, 6.07) is 16.1. The molecule has 0 spiro atoms. The highest BCUT2D eigenvalue weighted by atomic mass is 32.1. The van der Waals surface area contributed by atoms with E-state index in [0.29, 0.717) is 26.5 Å². The van der Waals surface area contributed by atoms with Crippen LogP contribution in [0.15, 0.2) is 69.6 Å². The number of nitrogens with zero attached hydrogens (tertiary/aromatic N) is 3. The molecular formula is C34H37N3O3S. The first-order valence-electron chi connectivity index (χ1n) is 14.1. The van der Waals surface area contributed by atoms with E-state index in [1.165, 1.54) is 28.0 Å². The predicted molar refractivity (Wildman–Crippen MR) is 166 cm³/mol. The first kappa shape index (κ1) is 28.6. The molecule has 0 bridgehead atoms. The van der Waals surface area contributed by atoms with Crippen molar-refractivity contribution < 1.29 is 9.53 Å². The number of ether oxygens (including phenoxy) is 1. The van der Waals surface area contributed by atoms with Crippen LogP contribution in [0.5, 0.6) is 0 Å². The minimum Gasteiger partial charge on any atom is -0.463 e. The molecule has 2 aromatic heterocycles. The molecule has 1 atom stereocenters. The Bertz CT molecular complexity index is 1870. The molecule has 3 heterocycles. The summed E-state index contributed by atoms with van der Waals surface area (Å²) in [7, 11) is 0. The molecule has 0 aliphatic carbocycles. The van der Waals surface area contributed by atoms with E-state index in [9.17, 15) is 9.59 Å². The third kappa shape index (κ3) is 5.15. The molecule has 6 nitrogen and oxygen atoms in total. The summed E-state index contributed by atoms with van der Waals surface area (Å²) in [6.45, 7) is 16.5. The highest BCUT2D eigenvalue weighted by Gasteiger charge is 2.33. The van der Waals surface area contributed by atoms with Gasteiger partial charge in [-0.05, 0) is 99.6 Å². The smallest absolute Gasteiger partial charge is 0.338 e. The molecule has 1 aliphatic heterocycles. The number of benzene rings is 2. The van der Waals surface area contributed by atoms with E-state index in [-0.39, 0.29) is 12.2 Å². The van der Waals surface area contributed by atoms with Crippen LogP contribution in [0.1, 0.15) is 78.9 Å². The molecule has 5 rings (SSSR count). The average molecular weight is 568 g/mol. The lowest BCUT2D eigenvalue weighted by Gasteiger charge is -2.25. The van der Waals surface area contributed by atoms with Gasteiger partial charge in [0.05, 0.1) is 28.5 Å². The zero-order chi connectivity index (χ0) is 29.6. The van der Waals surface area contributed by atoms with E-state index in [4.69, 9.17) is 9.73 Å². The predicted octanol–water partition coefficient (Wildman–Crippen LogP) is 5.95. The summed E-state index contributed by atoms with van der Waals surface area (Å²) >= 11 is 1.35. The molecule has 0 amide bonds. The molecule has 0 saturated heterocycles. The zero-order valence-electron chi connectivity index (χ0n) is 25.0. The Morgan fingerprint density at radius 1 is 1.02 bits per heavy atom. The van der Waals surface area contributed by atoms with Gasteiger partial charge in [-0.3, -0.25) is 9.36 Å². The van der Waals surface area contributed by atoms with Crippen molar-refractivity contribution in [2.75, 3.05) is 6.61 Å². The number of carbonyl (C=O) groups is 1. The number of thiazole rings is 1. The van der Waals surface area contributed by atoms with Gasteiger partial charge in [-0.1, -0.05) is 55.5 Å². The summed E-state index contributed by atoms with van der Waals surface area (Å²) < 4.78 is 9.88. The molecule has 0 N–H and O–H groups in total. The number of carbonyl (C=O) groups excluding carboxylic acids is 1. The van der Waals surface area contributed by atoms with Crippen LogP contribution in [0, 0.1) is 27.7 Å². The SMILES string of the molecule is CCOC(=O)C1=C(C)N=c2s/c(=C/c3cc(C)n(-c4ccc(C)c(C)c4)c3C)c(=O)n2[C@H]1c1ccc(C(C)C)cc1. The van der Waals surface area contributed by atoms with Crippen LogP contribution >= 0.6 is 11.3 Å². The lowest BCUT2D eigenvalue weighted by Crippen LogP contribution is -2.39. The van der Waals surface area contributed by atoms with Crippen molar-refractivity contribution in [3.05, 3.63) is 119 Å². The maximum absolute atomic E-state index is 14.1. The highest BCUT2D eigenvalue weighted by molar-refractivity contribution is 7.07. The molecule has 1 aliphatic rings. The van der Waals surface area contributed by atoms with Crippen molar-refractivity contribution in [2.24, 2.45) is 4.99 Å². The third-order valence-corrected chi connectivity index (χ3v) is 8.92. The van der Waals surface area contributed by atoms with Gasteiger partial charge in [-0.25, -0.2) is 9.79 Å². The number of rotatable bonds is 6. The molecule has 0 radical (unpaired) electrons. The van der Waals surface area contributed by atoms with Crippen molar-refractivity contribution in [3.63, 3.8) is 0 Å². The van der Waals surface area contributed by atoms with E-state index in [2.05, 4.69) is 82.5 Å². The Kier molecular flexibility index (Phi) is 7.75. The van der Waals surface area contributed by atoms with Gasteiger partial charge in [-0.15, -0.1) is 0 Å². The first-order chi connectivity index (χ1) is 19.5. The second-order valence-electron chi connectivity index (χ2n) is 11.1. The zero-order valence-corrected chi connectivity index (χ0v) is 25.8. The molecule has 7 heteroatoms. The van der Waals surface area contributed by atoms with Crippen LogP contribution in [-0.2, 0) is 9.53 Å². The fourth-order valence-corrected chi connectivity index (χ4v) is 6.54. The van der Waals surface area contributed by atoms with Crippen LogP contribution in [0.3, 0.4) is 0 Å². The molecule has 0 saturated carbocycles. The van der Waals surface area contributed by atoms with Crippen LogP contribution in [0.4, 0.5) is 0 Å². The topological polar surface area (TPSA) is 65.6 Å². The standard InChI is InChI=1S/C34H37N3O3S/c1-9-40-33(39)30-23(7)35-34-37(31(30)26-13-11-25(12-14-26)19(2)3)32(38)29(41-34)18-27-17-22(6)36(24(27)8)28-15-10-20(4)21(5)16-28/h10-19,31H,9H2,1-8H3/b29-18+/t31-/m0/s1. The number of fused-ring (bicyclic) bond motifs is 1. The van der Waals surface area contributed by atoms with Crippen LogP contribution < -0.4 is 14.9 Å². The average Bonchev–Trinajstić information content (AvgIpc) is 3.38. The van der Waals surface area contributed by atoms with Gasteiger partial charge in [0, 0.05) is 17.1 Å². The summed E-state index contributed by atoms with van der Waals surface area (Å²) in [6.07, 6.45) is 1.95. The number of esters is 1. The summed E-state index contributed by atoms with van der Waals surface area (Å²) in [5.41, 5.74) is 9.56. The van der Waals surface area contributed by atoms with E-state index in [1.807, 2.05) is 25.1 Å². The van der Waals surface area contributed by atoms with E-state index in [1.54, 1.807) is 11.5 Å². The van der Waals surface area contributed by atoms with Crippen molar-refractivity contribution in [1.29, 1.82) is 0 Å². The van der Waals surface area contributed by atoms with Gasteiger partial charge in [0.15, 0.2) is 4.80 Å². The minimum atomic E-state index is -0.614. The van der Waals surface area contributed by atoms with Gasteiger partial charge < -0.3 is 9.30 Å². The van der Waals surface area contributed by atoms with Gasteiger partial charge in [0.1, 0.15) is 0 Å². The van der Waals surface area contributed by atoms with Gasteiger partial charge in [-0.2, -0.15) is 0 Å². The monoisotopic (exact) mass is 567 g/mol. The minimum absolute atomic E-state index is 0.169. The normalized spacial score (nSPS) is 15.3. The number of hydrogen-bond donors (Lipinski definition) is 0. The molecule has 41 heavy (non-hydrogen) atoms. The maximum Gasteiger partial charge on any atom is 0.338 e. The van der Waals surface area contributed by atoms with Gasteiger partial charge in [0.2, 0.25) is 0 Å². The molecule has 4 aromatic rings. The first-order valence-corrected chi connectivity index (χ1v) is 14.9. The van der Waals surface area contributed by atoms with E-state index in [0.717, 1.165) is 28.2 Å². The second kappa shape index (κ2) is 11.1. The van der Waals surface area contributed by atoms with Crippen LogP contribution in [-0.4, -0.2) is 21.7 Å². The Balaban J connectivity index is 1.68. The van der Waals surface area contributed by atoms with Crippen LogP contribution in [0.2, 0.25) is 0 Å².